The smallest absolute Gasteiger partial charge is 0.192 e. The highest BCUT2D eigenvalue weighted by atomic mass is 32.2. The maximum atomic E-state index is 12.0. The quantitative estimate of drug-likeness (QED) is 0.615. The minimum atomic E-state index is -0.741. The molecule has 1 aliphatic carbocycles. The SMILES string of the molecule is CC1(C)CC(=O)C(Sc2nc(N)cc(N)n2)C(=O)C1. The van der Waals surface area contributed by atoms with Crippen molar-refractivity contribution in [3.8, 4) is 0 Å². The second-order valence-corrected chi connectivity index (χ2v) is 6.52. The average molecular weight is 280 g/mol. The standard InChI is InChI=1S/C12H16N4O2S/c1-12(2)4-6(17)10(7(18)5-12)19-11-15-8(13)3-9(14)16-11/h3,10H,4-5H2,1-2H3,(H4,13,14,15,16). The Morgan fingerprint density at radius 3 is 2.11 bits per heavy atom. The van der Waals surface area contributed by atoms with Gasteiger partial charge in [0.15, 0.2) is 16.7 Å². The van der Waals surface area contributed by atoms with Crippen LogP contribution in [0.25, 0.3) is 0 Å². The number of thioether (sulfide) groups is 1. The molecule has 0 aliphatic heterocycles. The Kier molecular flexibility index (Phi) is 3.49. The van der Waals surface area contributed by atoms with Crippen LogP contribution in [0, 0.1) is 5.41 Å². The molecule has 19 heavy (non-hydrogen) atoms. The minimum absolute atomic E-state index is 0.0872. The Balaban J connectivity index is 2.19. The summed E-state index contributed by atoms with van der Waals surface area (Å²) in [6, 6.07) is 1.43. The second-order valence-electron chi connectivity index (χ2n) is 5.45. The molecule has 1 aliphatic rings. The van der Waals surface area contributed by atoms with Crippen LogP contribution in [0.2, 0.25) is 0 Å². The number of aromatic nitrogens is 2. The molecule has 4 N–H and O–H groups in total. The van der Waals surface area contributed by atoms with Crippen LogP contribution < -0.4 is 11.5 Å². The molecular weight excluding hydrogens is 264 g/mol. The number of nitrogens with zero attached hydrogens (tertiary/aromatic N) is 2. The van der Waals surface area contributed by atoms with E-state index in [1.165, 1.54) is 6.07 Å². The number of carbonyl (C=O) groups is 2. The average Bonchev–Trinajstić information content (AvgIpc) is 2.20. The largest absolute Gasteiger partial charge is 0.383 e. The Bertz CT molecular complexity index is 504. The van der Waals surface area contributed by atoms with Gasteiger partial charge in [-0.15, -0.1) is 0 Å². The van der Waals surface area contributed by atoms with Crippen molar-refractivity contribution in [2.24, 2.45) is 5.41 Å². The van der Waals surface area contributed by atoms with Crippen molar-refractivity contribution in [3.05, 3.63) is 6.07 Å². The van der Waals surface area contributed by atoms with Crippen LogP contribution in [0.1, 0.15) is 26.7 Å². The maximum absolute atomic E-state index is 12.0. The van der Waals surface area contributed by atoms with E-state index in [2.05, 4.69) is 9.97 Å². The van der Waals surface area contributed by atoms with Crippen molar-refractivity contribution in [2.75, 3.05) is 11.5 Å². The number of rotatable bonds is 2. The van der Waals surface area contributed by atoms with Gasteiger partial charge in [-0.25, -0.2) is 9.97 Å². The van der Waals surface area contributed by atoms with E-state index in [-0.39, 0.29) is 33.8 Å². The van der Waals surface area contributed by atoms with Gasteiger partial charge in [0, 0.05) is 18.9 Å². The number of Topliss-reactive ketones (excluding diaryl/α,β-unsaturated/α-hetero) is 2. The Morgan fingerprint density at radius 2 is 1.63 bits per heavy atom. The zero-order valence-electron chi connectivity index (χ0n) is 10.8. The highest BCUT2D eigenvalue weighted by Gasteiger charge is 2.40. The third-order valence-electron chi connectivity index (χ3n) is 2.86. The van der Waals surface area contributed by atoms with E-state index in [1.807, 2.05) is 13.8 Å². The predicted octanol–water partition coefficient (Wildman–Crippen LogP) is 1.06. The molecule has 0 saturated heterocycles. The van der Waals surface area contributed by atoms with E-state index >= 15 is 0 Å². The fraction of sp³-hybridized carbons (Fsp3) is 0.500. The van der Waals surface area contributed by atoms with Crippen molar-refractivity contribution in [3.63, 3.8) is 0 Å². The van der Waals surface area contributed by atoms with Gasteiger partial charge in [-0.3, -0.25) is 9.59 Å². The first kappa shape index (κ1) is 13.8. The van der Waals surface area contributed by atoms with Gasteiger partial charge in [-0.1, -0.05) is 25.6 Å². The molecule has 0 radical (unpaired) electrons. The predicted molar refractivity (Wildman–Crippen MR) is 73.5 cm³/mol. The lowest BCUT2D eigenvalue weighted by Gasteiger charge is -2.31. The zero-order chi connectivity index (χ0) is 14.2. The first-order chi connectivity index (χ1) is 8.77. The van der Waals surface area contributed by atoms with Crippen molar-refractivity contribution in [2.45, 2.75) is 37.1 Å². The van der Waals surface area contributed by atoms with Gasteiger partial charge in [-0.05, 0) is 5.41 Å². The number of ketones is 2. The first-order valence-corrected chi connectivity index (χ1v) is 6.77. The third-order valence-corrected chi connectivity index (χ3v) is 4.01. The summed E-state index contributed by atoms with van der Waals surface area (Å²) in [5.74, 6) is 0.281. The highest BCUT2D eigenvalue weighted by molar-refractivity contribution is 8.01. The normalized spacial score (nSPS) is 19.7. The van der Waals surface area contributed by atoms with Gasteiger partial charge in [0.2, 0.25) is 0 Å². The number of anilines is 2. The van der Waals surface area contributed by atoms with Gasteiger partial charge in [0.05, 0.1) is 0 Å². The van der Waals surface area contributed by atoms with Crippen LogP contribution in [0.15, 0.2) is 11.2 Å². The first-order valence-electron chi connectivity index (χ1n) is 5.89. The van der Waals surface area contributed by atoms with E-state index < -0.39 is 5.25 Å². The summed E-state index contributed by atoms with van der Waals surface area (Å²) in [7, 11) is 0. The molecule has 1 saturated carbocycles. The minimum Gasteiger partial charge on any atom is -0.383 e. The number of carbonyl (C=O) groups excluding carboxylic acids is 2. The number of nitrogen functional groups attached to an aromatic ring is 2. The van der Waals surface area contributed by atoms with Crippen LogP contribution in [0.5, 0.6) is 0 Å². The van der Waals surface area contributed by atoms with Crippen LogP contribution >= 0.6 is 11.8 Å². The molecule has 1 heterocycles. The maximum Gasteiger partial charge on any atom is 0.192 e. The number of hydrogen-bond acceptors (Lipinski definition) is 7. The lowest BCUT2D eigenvalue weighted by Crippen LogP contribution is -2.39. The van der Waals surface area contributed by atoms with Crippen LogP contribution in [0.4, 0.5) is 11.6 Å². The van der Waals surface area contributed by atoms with Gasteiger partial charge in [-0.2, -0.15) is 0 Å². The molecule has 2 rings (SSSR count). The van der Waals surface area contributed by atoms with E-state index in [0.717, 1.165) is 11.8 Å². The lowest BCUT2D eigenvalue weighted by molar-refractivity contribution is -0.132. The van der Waals surface area contributed by atoms with Crippen molar-refractivity contribution < 1.29 is 9.59 Å². The van der Waals surface area contributed by atoms with Crippen molar-refractivity contribution in [1.29, 1.82) is 0 Å². The molecule has 0 spiro atoms. The van der Waals surface area contributed by atoms with E-state index in [4.69, 9.17) is 11.5 Å². The molecule has 1 fully saturated rings. The summed E-state index contributed by atoms with van der Waals surface area (Å²) in [5.41, 5.74) is 10.9. The Labute approximate surface area is 115 Å². The Morgan fingerprint density at radius 1 is 1.16 bits per heavy atom. The molecule has 6 nitrogen and oxygen atoms in total. The van der Waals surface area contributed by atoms with Gasteiger partial charge < -0.3 is 11.5 Å². The van der Waals surface area contributed by atoms with Crippen LogP contribution in [-0.2, 0) is 9.59 Å². The highest BCUT2D eigenvalue weighted by Crippen LogP contribution is 2.37. The number of nitrogens with two attached hydrogens (primary N) is 2. The molecule has 1 aromatic heterocycles. The summed E-state index contributed by atoms with van der Waals surface area (Å²) in [4.78, 5) is 32.0. The molecule has 0 atom stereocenters. The number of hydrogen-bond donors (Lipinski definition) is 2. The monoisotopic (exact) mass is 280 g/mol. The molecule has 102 valence electrons. The molecular formula is C12H16N4O2S. The molecule has 0 bridgehead atoms. The summed E-state index contributed by atoms with van der Waals surface area (Å²) in [6.45, 7) is 3.83. The molecule has 0 aromatic carbocycles. The lowest BCUT2D eigenvalue weighted by atomic mass is 9.76. The summed E-state index contributed by atoms with van der Waals surface area (Å²) in [5, 5.41) is -0.474. The molecule has 0 unspecified atom stereocenters. The van der Waals surface area contributed by atoms with Gasteiger partial charge in [0.1, 0.15) is 16.9 Å². The topological polar surface area (TPSA) is 112 Å². The fourth-order valence-corrected chi connectivity index (χ4v) is 3.08. The van der Waals surface area contributed by atoms with E-state index in [0.29, 0.717) is 12.8 Å². The van der Waals surface area contributed by atoms with Crippen molar-refractivity contribution >= 4 is 35.0 Å². The summed E-state index contributed by atoms with van der Waals surface area (Å²) in [6.07, 6.45) is 0.766. The van der Waals surface area contributed by atoms with Gasteiger partial charge in [0.25, 0.3) is 0 Å². The second kappa shape index (κ2) is 4.80. The van der Waals surface area contributed by atoms with E-state index in [9.17, 15) is 9.59 Å². The molecule has 0 amide bonds. The van der Waals surface area contributed by atoms with E-state index in [1.54, 1.807) is 0 Å². The summed E-state index contributed by atoms with van der Waals surface area (Å²) < 4.78 is 0. The Hall–Kier alpha value is -1.63. The van der Waals surface area contributed by atoms with Gasteiger partial charge >= 0.3 is 0 Å². The molecule has 7 heteroatoms. The zero-order valence-corrected chi connectivity index (χ0v) is 11.7. The fourth-order valence-electron chi connectivity index (χ4n) is 2.12. The summed E-state index contributed by atoms with van der Waals surface area (Å²) >= 11 is 1.03. The van der Waals surface area contributed by atoms with Crippen molar-refractivity contribution in [1.82, 2.24) is 9.97 Å². The van der Waals surface area contributed by atoms with Crippen LogP contribution in [0.3, 0.4) is 0 Å². The van der Waals surface area contributed by atoms with Crippen LogP contribution in [-0.4, -0.2) is 26.8 Å². The molecule has 1 aromatic rings. The third kappa shape index (κ3) is 3.23.